The van der Waals surface area contributed by atoms with Gasteiger partial charge in [-0.3, -0.25) is 0 Å². The smallest absolute Gasteiger partial charge is 0.123 e. The van der Waals surface area contributed by atoms with Crippen LogP contribution in [-0.2, 0) is 0 Å². The molecule has 0 saturated carbocycles. The lowest BCUT2D eigenvalue weighted by atomic mass is 10.1. The molecule has 0 aliphatic rings. The molecule has 0 aliphatic carbocycles. The van der Waals surface area contributed by atoms with Gasteiger partial charge in [0.25, 0.3) is 0 Å². The lowest BCUT2D eigenvalue weighted by Crippen LogP contribution is -1.90. The fourth-order valence-electron chi connectivity index (χ4n) is 1.36. The third-order valence-electron chi connectivity index (χ3n) is 2.13. The summed E-state index contributed by atoms with van der Waals surface area (Å²) < 4.78 is 1.10. The van der Waals surface area contributed by atoms with Crippen molar-refractivity contribution in [3.05, 3.63) is 34.4 Å². The van der Waals surface area contributed by atoms with Crippen LogP contribution in [0, 0.1) is 6.92 Å². The van der Waals surface area contributed by atoms with Crippen LogP contribution in [0.3, 0.4) is 0 Å². The molecule has 0 spiro atoms. The highest BCUT2D eigenvalue weighted by molar-refractivity contribution is 9.10. The van der Waals surface area contributed by atoms with Crippen LogP contribution in [0.25, 0.3) is 10.8 Å². The number of aryl methyl sites for hydroxylation is 1. The van der Waals surface area contributed by atoms with Crippen LogP contribution in [0.1, 0.15) is 5.56 Å². The number of aromatic nitrogens is 1. The van der Waals surface area contributed by atoms with Crippen molar-refractivity contribution in [3.8, 4) is 0 Å². The summed E-state index contributed by atoms with van der Waals surface area (Å²) >= 11 is 3.48. The molecular formula is C10H9BrN2. The minimum absolute atomic E-state index is 0.564. The maximum Gasteiger partial charge on any atom is 0.123 e. The topological polar surface area (TPSA) is 38.9 Å². The number of nitrogen functional groups attached to an aromatic ring is 1. The van der Waals surface area contributed by atoms with Crippen LogP contribution in [-0.4, -0.2) is 4.98 Å². The van der Waals surface area contributed by atoms with E-state index >= 15 is 0 Å². The van der Waals surface area contributed by atoms with Gasteiger partial charge in [-0.15, -0.1) is 0 Å². The second-order valence-electron chi connectivity index (χ2n) is 3.00. The normalized spacial score (nSPS) is 10.6. The standard InChI is InChI=1S/C10H9BrN2/c1-6-8-4-10(12)13-5-7(8)2-3-9(6)11/h2-5H,1H3,(H2,12,13). The van der Waals surface area contributed by atoms with Crippen molar-refractivity contribution in [2.24, 2.45) is 0 Å². The Labute approximate surface area is 84.9 Å². The summed E-state index contributed by atoms with van der Waals surface area (Å²) in [7, 11) is 0. The Morgan fingerprint density at radius 1 is 1.38 bits per heavy atom. The summed E-state index contributed by atoms with van der Waals surface area (Å²) in [6.07, 6.45) is 1.80. The van der Waals surface area contributed by atoms with Crippen molar-refractivity contribution in [3.63, 3.8) is 0 Å². The molecule has 2 aromatic rings. The van der Waals surface area contributed by atoms with Gasteiger partial charge in [0.2, 0.25) is 0 Å². The molecule has 2 nitrogen and oxygen atoms in total. The summed E-state index contributed by atoms with van der Waals surface area (Å²) in [6, 6.07) is 5.95. The zero-order valence-electron chi connectivity index (χ0n) is 7.21. The van der Waals surface area contributed by atoms with Crippen LogP contribution in [0.15, 0.2) is 28.9 Å². The van der Waals surface area contributed by atoms with Gasteiger partial charge in [0, 0.05) is 16.1 Å². The molecule has 0 bridgehead atoms. The quantitative estimate of drug-likeness (QED) is 0.765. The van der Waals surface area contributed by atoms with E-state index in [2.05, 4.69) is 27.8 Å². The van der Waals surface area contributed by atoms with Gasteiger partial charge in [0.15, 0.2) is 0 Å². The van der Waals surface area contributed by atoms with Gasteiger partial charge in [-0.05, 0) is 30.0 Å². The summed E-state index contributed by atoms with van der Waals surface area (Å²) in [5, 5.41) is 2.27. The second kappa shape index (κ2) is 3.00. The van der Waals surface area contributed by atoms with E-state index in [1.165, 1.54) is 5.56 Å². The highest BCUT2D eigenvalue weighted by atomic mass is 79.9. The summed E-state index contributed by atoms with van der Waals surface area (Å²) in [5.41, 5.74) is 6.82. The third-order valence-corrected chi connectivity index (χ3v) is 2.99. The van der Waals surface area contributed by atoms with Gasteiger partial charge < -0.3 is 5.73 Å². The van der Waals surface area contributed by atoms with Crippen molar-refractivity contribution in [2.75, 3.05) is 5.73 Å². The lowest BCUT2D eigenvalue weighted by molar-refractivity contribution is 1.36. The maximum atomic E-state index is 5.62. The van der Waals surface area contributed by atoms with E-state index in [0.717, 1.165) is 15.2 Å². The number of fused-ring (bicyclic) bond motifs is 1. The molecule has 0 atom stereocenters. The van der Waals surface area contributed by atoms with Gasteiger partial charge in [0.05, 0.1) is 0 Å². The molecule has 66 valence electrons. The van der Waals surface area contributed by atoms with E-state index in [1.807, 2.05) is 18.2 Å². The summed E-state index contributed by atoms with van der Waals surface area (Å²) in [4.78, 5) is 4.04. The first-order valence-corrected chi connectivity index (χ1v) is 4.78. The summed E-state index contributed by atoms with van der Waals surface area (Å²) in [6.45, 7) is 2.06. The van der Waals surface area contributed by atoms with Crippen molar-refractivity contribution in [1.29, 1.82) is 0 Å². The molecule has 1 heterocycles. The largest absolute Gasteiger partial charge is 0.384 e. The predicted octanol–water partition coefficient (Wildman–Crippen LogP) is 2.89. The molecule has 0 aliphatic heterocycles. The number of nitrogens with zero attached hydrogens (tertiary/aromatic N) is 1. The van der Waals surface area contributed by atoms with Gasteiger partial charge in [-0.25, -0.2) is 4.98 Å². The highest BCUT2D eigenvalue weighted by Crippen LogP contribution is 2.25. The molecule has 0 fully saturated rings. The van der Waals surface area contributed by atoms with Crippen LogP contribution in [0.5, 0.6) is 0 Å². The minimum Gasteiger partial charge on any atom is -0.384 e. The van der Waals surface area contributed by atoms with E-state index in [-0.39, 0.29) is 0 Å². The van der Waals surface area contributed by atoms with E-state index in [4.69, 9.17) is 5.73 Å². The zero-order valence-corrected chi connectivity index (χ0v) is 8.80. The number of anilines is 1. The monoisotopic (exact) mass is 236 g/mol. The Morgan fingerprint density at radius 2 is 2.15 bits per heavy atom. The number of rotatable bonds is 0. The summed E-state index contributed by atoms with van der Waals surface area (Å²) in [5.74, 6) is 0.564. The molecule has 1 aromatic carbocycles. The molecule has 2 rings (SSSR count). The Kier molecular flexibility index (Phi) is 1.96. The molecule has 1 aromatic heterocycles. The number of pyridine rings is 1. The molecule has 13 heavy (non-hydrogen) atoms. The molecule has 0 radical (unpaired) electrons. The first kappa shape index (κ1) is 8.51. The fourth-order valence-corrected chi connectivity index (χ4v) is 1.70. The van der Waals surface area contributed by atoms with E-state index in [1.54, 1.807) is 6.20 Å². The van der Waals surface area contributed by atoms with Crippen LogP contribution in [0.2, 0.25) is 0 Å². The van der Waals surface area contributed by atoms with Gasteiger partial charge in [-0.2, -0.15) is 0 Å². The second-order valence-corrected chi connectivity index (χ2v) is 3.86. The van der Waals surface area contributed by atoms with Crippen molar-refractivity contribution in [1.82, 2.24) is 4.98 Å². The van der Waals surface area contributed by atoms with Gasteiger partial charge in [-0.1, -0.05) is 22.0 Å². The van der Waals surface area contributed by atoms with Gasteiger partial charge >= 0.3 is 0 Å². The molecule has 0 unspecified atom stereocenters. The maximum absolute atomic E-state index is 5.62. The Morgan fingerprint density at radius 3 is 2.92 bits per heavy atom. The predicted molar refractivity (Wildman–Crippen MR) is 58.6 cm³/mol. The highest BCUT2D eigenvalue weighted by Gasteiger charge is 2.01. The molecule has 2 N–H and O–H groups in total. The van der Waals surface area contributed by atoms with Crippen molar-refractivity contribution >= 4 is 32.5 Å². The first-order valence-electron chi connectivity index (χ1n) is 3.99. The Hall–Kier alpha value is -1.09. The minimum atomic E-state index is 0.564. The molecule has 0 amide bonds. The lowest BCUT2D eigenvalue weighted by Gasteiger charge is -2.04. The van der Waals surface area contributed by atoms with Crippen molar-refractivity contribution in [2.45, 2.75) is 6.92 Å². The van der Waals surface area contributed by atoms with Crippen LogP contribution < -0.4 is 5.73 Å². The number of nitrogens with two attached hydrogens (primary N) is 1. The average Bonchev–Trinajstić information content (AvgIpc) is 2.12. The Bertz CT molecular complexity index is 460. The SMILES string of the molecule is Cc1c(Br)ccc2cnc(N)cc12. The molecule has 0 saturated heterocycles. The zero-order chi connectivity index (χ0) is 9.42. The van der Waals surface area contributed by atoms with Gasteiger partial charge in [0.1, 0.15) is 5.82 Å². The average molecular weight is 237 g/mol. The number of hydrogen-bond acceptors (Lipinski definition) is 2. The Balaban J connectivity index is 2.89. The van der Waals surface area contributed by atoms with Crippen LogP contribution >= 0.6 is 15.9 Å². The fraction of sp³-hybridized carbons (Fsp3) is 0.100. The number of benzene rings is 1. The molecular weight excluding hydrogens is 228 g/mol. The number of hydrogen-bond donors (Lipinski definition) is 1. The van der Waals surface area contributed by atoms with Crippen LogP contribution in [0.4, 0.5) is 5.82 Å². The first-order chi connectivity index (χ1) is 6.18. The van der Waals surface area contributed by atoms with E-state index in [0.29, 0.717) is 5.82 Å². The van der Waals surface area contributed by atoms with Crippen molar-refractivity contribution < 1.29 is 0 Å². The van der Waals surface area contributed by atoms with E-state index < -0.39 is 0 Å². The number of halogens is 1. The van der Waals surface area contributed by atoms with E-state index in [9.17, 15) is 0 Å². The molecule has 3 heteroatoms. The third kappa shape index (κ3) is 1.40.